The lowest BCUT2D eigenvalue weighted by atomic mass is 9.86. The molecule has 16 heavy (non-hydrogen) atoms. The number of hydrogen-bond donors (Lipinski definition) is 1. The van der Waals surface area contributed by atoms with Gasteiger partial charge in [-0.05, 0) is 34.7 Å². The van der Waals surface area contributed by atoms with E-state index in [1.165, 1.54) is 21.9 Å². The van der Waals surface area contributed by atoms with Gasteiger partial charge in [-0.25, -0.2) is 0 Å². The molecule has 1 nitrogen and oxygen atoms in total. The molecule has 2 N–H and O–H groups in total. The first-order chi connectivity index (χ1) is 7.75. The van der Waals surface area contributed by atoms with Crippen LogP contribution >= 0.6 is 0 Å². The van der Waals surface area contributed by atoms with Crippen molar-refractivity contribution in [1.29, 1.82) is 0 Å². The molecule has 0 saturated heterocycles. The van der Waals surface area contributed by atoms with E-state index < -0.39 is 0 Å². The molecule has 0 fully saturated rings. The fourth-order valence-corrected chi connectivity index (χ4v) is 2.53. The summed E-state index contributed by atoms with van der Waals surface area (Å²) in [7, 11) is 0. The van der Waals surface area contributed by atoms with E-state index in [0.717, 1.165) is 12.1 Å². The third-order valence-corrected chi connectivity index (χ3v) is 3.35. The first kappa shape index (κ1) is 9.46. The lowest BCUT2D eigenvalue weighted by Gasteiger charge is -2.19. The van der Waals surface area contributed by atoms with Gasteiger partial charge >= 0.3 is 0 Å². The van der Waals surface area contributed by atoms with Crippen LogP contribution in [0.2, 0.25) is 0 Å². The van der Waals surface area contributed by atoms with Crippen LogP contribution in [0, 0.1) is 5.92 Å². The lowest BCUT2D eigenvalue weighted by molar-refractivity contribution is 0.722. The number of allylic oxidation sites excluding steroid dienone is 1. The van der Waals surface area contributed by atoms with Gasteiger partial charge in [0.1, 0.15) is 0 Å². The van der Waals surface area contributed by atoms with Crippen LogP contribution in [0.1, 0.15) is 18.1 Å². The molecule has 0 heterocycles. The normalized spacial score (nSPS) is 18.7. The van der Waals surface area contributed by atoms with Gasteiger partial charge in [-0.3, -0.25) is 0 Å². The number of anilines is 1. The van der Waals surface area contributed by atoms with Crippen LogP contribution in [-0.2, 0) is 6.42 Å². The number of nitrogens with two attached hydrogens (primary N) is 1. The van der Waals surface area contributed by atoms with Crippen LogP contribution in [0.5, 0.6) is 0 Å². The summed E-state index contributed by atoms with van der Waals surface area (Å²) in [6.07, 6.45) is 5.51. The Kier molecular flexibility index (Phi) is 2.00. The summed E-state index contributed by atoms with van der Waals surface area (Å²) in [5, 5.41) is 2.60. The quantitative estimate of drug-likeness (QED) is 0.659. The summed E-state index contributed by atoms with van der Waals surface area (Å²) < 4.78 is 0. The highest BCUT2D eigenvalue weighted by molar-refractivity contribution is 5.94. The van der Waals surface area contributed by atoms with Crippen LogP contribution in [0.4, 0.5) is 5.69 Å². The predicted octanol–water partition coefficient (Wildman–Crippen LogP) is 3.63. The zero-order valence-corrected chi connectivity index (χ0v) is 9.40. The second-order valence-corrected chi connectivity index (χ2v) is 4.62. The second-order valence-electron chi connectivity index (χ2n) is 4.62. The molecule has 2 aromatic rings. The van der Waals surface area contributed by atoms with Crippen molar-refractivity contribution in [3.8, 4) is 0 Å². The zero-order chi connectivity index (χ0) is 11.1. The van der Waals surface area contributed by atoms with Gasteiger partial charge in [0, 0.05) is 11.3 Å². The maximum atomic E-state index is 6.10. The van der Waals surface area contributed by atoms with Crippen molar-refractivity contribution < 1.29 is 0 Å². The van der Waals surface area contributed by atoms with E-state index in [2.05, 4.69) is 49.4 Å². The first-order valence-electron chi connectivity index (χ1n) is 5.74. The number of hydrogen-bond acceptors (Lipinski definition) is 1. The number of benzene rings is 2. The van der Waals surface area contributed by atoms with Crippen molar-refractivity contribution in [2.24, 2.45) is 5.92 Å². The van der Waals surface area contributed by atoms with E-state index >= 15 is 0 Å². The summed E-state index contributed by atoms with van der Waals surface area (Å²) in [5.41, 5.74) is 9.63. The molecule has 2 aromatic carbocycles. The molecule has 1 unspecified atom stereocenters. The molecule has 0 amide bonds. The molecule has 0 bridgehead atoms. The molecule has 1 atom stereocenters. The molecule has 0 aliphatic heterocycles. The third-order valence-electron chi connectivity index (χ3n) is 3.35. The van der Waals surface area contributed by atoms with Crippen LogP contribution in [0.15, 0.2) is 36.4 Å². The molecule has 1 aliphatic carbocycles. The van der Waals surface area contributed by atoms with Crippen molar-refractivity contribution >= 4 is 22.5 Å². The average Bonchev–Trinajstić information content (AvgIpc) is 2.29. The highest BCUT2D eigenvalue weighted by Gasteiger charge is 2.15. The minimum atomic E-state index is 0.609. The van der Waals surface area contributed by atoms with Crippen LogP contribution in [-0.4, -0.2) is 0 Å². The van der Waals surface area contributed by atoms with Crippen molar-refractivity contribution in [2.75, 3.05) is 5.73 Å². The summed E-state index contributed by atoms with van der Waals surface area (Å²) in [6, 6.07) is 10.6. The Morgan fingerprint density at radius 3 is 2.94 bits per heavy atom. The summed E-state index contributed by atoms with van der Waals surface area (Å²) in [4.78, 5) is 0. The molecule has 0 aromatic heterocycles. The Bertz CT molecular complexity index is 581. The van der Waals surface area contributed by atoms with Crippen LogP contribution in [0.3, 0.4) is 0 Å². The molecule has 0 radical (unpaired) electrons. The van der Waals surface area contributed by atoms with E-state index in [-0.39, 0.29) is 0 Å². The third kappa shape index (κ3) is 1.32. The highest BCUT2D eigenvalue weighted by atomic mass is 14.6. The number of fused-ring (bicyclic) bond motifs is 3. The average molecular weight is 209 g/mol. The Morgan fingerprint density at radius 2 is 2.06 bits per heavy atom. The van der Waals surface area contributed by atoms with Gasteiger partial charge in [-0.15, -0.1) is 0 Å². The molecule has 80 valence electrons. The monoisotopic (exact) mass is 209 g/mol. The fraction of sp³-hybridized carbons (Fsp3) is 0.200. The largest absolute Gasteiger partial charge is 0.398 e. The minimum Gasteiger partial charge on any atom is -0.398 e. The zero-order valence-electron chi connectivity index (χ0n) is 9.40. The van der Waals surface area contributed by atoms with Crippen molar-refractivity contribution in [3.05, 3.63) is 47.5 Å². The van der Waals surface area contributed by atoms with Crippen LogP contribution in [0.25, 0.3) is 16.8 Å². The lowest BCUT2D eigenvalue weighted by Crippen LogP contribution is -2.06. The van der Waals surface area contributed by atoms with Crippen LogP contribution < -0.4 is 5.73 Å². The SMILES string of the molecule is CC1C=Cc2c(N)cc3ccccc3c2C1. The number of rotatable bonds is 0. The van der Waals surface area contributed by atoms with Gasteiger partial charge in [0.2, 0.25) is 0 Å². The van der Waals surface area contributed by atoms with E-state index in [0.29, 0.717) is 5.92 Å². The molecular weight excluding hydrogens is 194 g/mol. The highest BCUT2D eigenvalue weighted by Crippen LogP contribution is 2.33. The minimum absolute atomic E-state index is 0.609. The summed E-state index contributed by atoms with van der Waals surface area (Å²) in [5.74, 6) is 0.609. The second kappa shape index (κ2) is 3.38. The van der Waals surface area contributed by atoms with E-state index in [9.17, 15) is 0 Å². The summed E-state index contributed by atoms with van der Waals surface area (Å²) >= 11 is 0. The standard InChI is InChI=1S/C15H15N/c1-10-6-7-13-14(8-10)12-5-3-2-4-11(12)9-15(13)16/h2-7,9-10H,8,16H2,1H3. The Labute approximate surface area is 95.6 Å². The van der Waals surface area contributed by atoms with Gasteiger partial charge in [0.15, 0.2) is 0 Å². The topological polar surface area (TPSA) is 26.0 Å². The van der Waals surface area contributed by atoms with E-state index in [1.54, 1.807) is 0 Å². The molecule has 0 saturated carbocycles. The molecule has 0 spiro atoms. The smallest absolute Gasteiger partial charge is 0.0396 e. The molecule has 1 aliphatic rings. The van der Waals surface area contributed by atoms with Crippen molar-refractivity contribution in [3.63, 3.8) is 0 Å². The summed E-state index contributed by atoms with van der Waals surface area (Å²) in [6.45, 7) is 2.25. The maximum absolute atomic E-state index is 6.10. The van der Waals surface area contributed by atoms with Gasteiger partial charge in [-0.1, -0.05) is 43.3 Å². The number of nitrogen functional groups attached to an aromatic ring is 1. The Balaban J connectivity index is 2.39. The Hall–Kier alpha value is -1.76. The fourth-order valence-electron chi connectivity index (χ4n) is 2.53. The maximum Gasteiger partial charge on any atom is 0.0396 e. The van der Waals surface area contributed by atoms with Gasteiger partial charge in [0.25, 0.3) is 0 Å². The predicted molar refractivity (Wildman–Crippen MR) is 70.3 cm³/mol. The van der Waals surface area contributed by atoms with Crippen molar-refractivity contribution in [2.45, 2.75) is 13.3 Å². The first-order valence-corrected chi connectivity index (χ1v) is 5.74. The van der Waals surface area contributed by atoms with Crippen molar-refractivity contribution in [1.82, 2.24) is 0 Å². The molecule has 1 heteroatoms. The molecular formula is C15H15N. The van der Waals surface area contributed by atoms with Gasteiger partial charge in [-0.2, -0.15) is 0 Å². The van der Waals surface area contributed by atoms with E-state index in [1.807, 2.05) is 0 Å². The van der Waals surface area contributed by atoms with Gasteiger partial charge < -0.3 is 5.73 Å². The van der Waals surface area contributed by atoms with E-state index in [4.69, 9.17) is 5.73 Å². The van der Waals surface area contributed by atoms with Gasteiger partial charge in [0.05, 0.1) is 0 Å². The molecule has 3 rings (SSSR count). The Morgan fingerprint density at radius 1 is 1.25 bits per heavy atom.